The van der Waals surface area contributed by atoms with Crippen molar-refractivity contribution in [2.75, 3.05) is 18.2 Å². The molecule has 1 heterocycles. The molecule has 2 N–H and O–H groups in total. The molecule has 0 aliphatic rings. The Balaban J connectivity index is 1.58. The van der Waals surface area contributed by atoms with E-state index in [0.717, 1.165) is 15.7 Å². The second-order valence-corrected chi connectivity index (χ2v) is 9.64. The second-order valence-electron chi connectivity index (χ2n) is 7.78. The van der Waals surface area contributed by atoms with Crippen LogP contribution in [0.3, 0.4) is 0 Å². The molecule has 2 amide bonds. The number of hydrogen-bond acceptors (Lipinski definition) is 6. The topological polar surface area (TPSA) is 98.1 Å². The number of hydrogen-bond donors (Lipinski definition) is 2. The van der Waals surface area contributed by atoms with Crippen molar-refractivity contribution in [2.45, 2.75) is 44.9 Å². The molecule has 2 aromatic carbocycles. The van der Waals surface area contributed by atoms with E-state index in [0.29, 0.717) is 28.8 Å². The number of thioether (sulfide) groups is 1. The summed E-state index contributed by atoms with van der Waals surface area (Å²) in [5.74, 6) is 1.46. The SMILES string of the molecule is CCn1c(CNC(=O)c2ccc(OC)cc2)nnc1SCC(=O)Nc1ccc(Br)cc1C(C)C. The third-order valence-corrected chi connectivity index (χ3v) is 6.57. The fourth-order valence-electron chi connectivity index (χ4n) is 3.32. The Labute approximate surface area is 212 Å². The molecule has 3 rings (SSSR count). The number of methoxy groups -OCH3 is 1. The number of nitrogens with one attached hydrogen (secondary N) is 2. The maximum Gasteiger partial charge on any atom is 0.251 e. The number of benzene rings is 2. The first-order valence-electron chi connectivity index (χ1n) is 10.9. The summed E-state index contributed by atoms with van der Waals surface area (Å²) in [6.07, 6.45) is 0. The normalized spacial score (nSPS) is 10.9. The minimum atomic E-state index is -0.211. The van der Waals surface area contributed by atoms with Crippen LogP contribution in [-0.2, 0) is 17.9 Å². The van der Waals surface area contributed by atoms with Gasteiger partial charge in [0.25, 0.3) is 5.91 Å². The summed E-state index contributed by atoms with van der Waals surface area (Å²) in [5, 5.41) is 14.9. The minimum absolute atomic E-state index is 0.116. The molecule has 0 saturated carbocycles. The largest absolute Gasteiger partial charge is 0.497 e. The lowest BCUT2D eigenvalue weighted by Gasteiger charge is -2.14. The van der Waals surface area contributed by atoms with Crippen molar-refractivity contribution in [3.63, 3.8) is 0 Å². The number of anilines is 1. The lowest BCUT2D eigenvalue weighted by atomic mass is 10.0. The molecule has 0 bridgehead atoms. The van der Waals surface area contributed by atoms with Crippen molar-refractivity contribution >= 4 is 45.2 Å². The molecular weight excluding hydrogens is 518 g/mol. The van der Waals surface area contributed by atoms with Gasteiger partial charge in [-0.2, -0.15) is 0 Å². The van der Waals surface area contributed by atoms with Gasteiger partial charge in [0.2, 0.25) is 5.91 Å². The van der Waals surface area contributed by atoms with Gasteiger partial charge in [-0.25, -0.2) is 0 Å². The summed E-state index contributed by atoms with van der Waals surface area (Å²) in [5.41, 5.74) is 2.41. The zero-order valence-corrected chi connectivity index (χ0v) is 22.0. The van der Waals surface area contributed by atoms with Crippen LogP contribution in [0, 0.1) is 0 Å². The number of rotatable bonds is 10. The van der Waals surface area contributed by atoms with Gasteiger partial charge in [-0.05, 0) is 60.9 Å². The molecule has 0 spiro atoms. The first-order valence-corrected chi connectivity index (χ1v) is 12.7. The molecule has 0 unspecified atom stereocenters. The summed E-state index contributed by atoms with van der Waals surface area (Å²) in [7, 11) is 1.58. The van der Waals surface area contributed by atoms with Gasteiger partial charge in [0.05, 0.1) is 19.4 Å². The Morgan fingerprint density at radius 3 is 2.53 bits per heavy atom. The molecular formula is C24H28BrN5O3S. The first kappa shape index (κ1) is 25.8. The third kappa shape index (κ3) is 6.60. The van der Waals surface area contributed by atoms with E-state index in [-0.39, 0.29) is 30.0 Å². The van der Waals surface area contributed by atoms with Crippen molar-refractivity contribution in [3.05, 3.63) is 63.9 Å². The van der Waals surface area contributed by atoms with E-state index in [9.17, 15) is 9.59 Å². The van der Waals surface area contributed by atoms with Crippen molar-refractivity contribution in [1.82, 2.24) is 20.1 Å². The monoisotopic (exact) mass is 545 g/mol. The number of aromatic nitrogens is 3. The molecule has 3 aromatic rings. The summed E-state index contributed by atoms with van der Waals surface area (Å²) in [4.78, 5) is 25.0. The van der Waals surface area contributed by atoms with Gasteiger partial charge >= 0.3 is 0 Å². The van der Waals surface area contributed by atoms with Gasteiger partial charge < -0.3 is 19.9 Å². The third-order valence-electron chi connectivity index (χ3n) is 5.11. The molecule has 0 aliphatic carbocycles. The number of amides is 2. The Morgan fingerprint density at radius 1 is 1.15 bits per heavy atom. The maximum atomic E-state index is 12.6. The highest BCUT2D eigenvalue weighted by Crippen LogP contribution is 2.28. The fourth-order valence-corrected chi connectivity index (χ4v) is 4.52. The van der Waals surface area contributed by atoms with Crippen LogP contribution < -0.4 is 15.4 Å². The Bertz CT molecular complexity index is 1150. The van der Waals surface area contributed by atoms with Gasteiger partial charge in [-0.1, -0.05) is 41.5 Å². The summed E-state index contributed by atoms with van der Waals surface area (Å²) >= 11 is 4.80. The molecule has 0 aliphatic heterocycles. The average Bonchev–Trinajstić information content (AvgIpc) is 3.24. The number of ether oxygens (including phenoxy) is 1. The lowest BCUT2D eigenvalue weighted by molar-refractivity contribution is -0.113. The molecule has 180 valence electrons. The molecule has 1 aromatic heterocycles. The second kappa shape index (κ2) is 12.0. The molecule has 8 nitrogen and oxygen atoms in total. The first-order chi connectivity index (χ1) is 16.3. The van der Waals surface area contributed by atoms with Crippen molar-refractivity contribution in [2.24, 2.45) is 0 Å². The van der Waals surface area contributed by atoms with Crippen LogP contribution in [0.2, 0.25) is 0 Å². The lowest BCUT2D eigenvalue weighted by Crippen LogP contribution is -2.24. The van der Waals surface area contributed by atoms with E-state index in [2.05, 4.69) is 50.6 Å². The number of carbonyl (C=O) groups excluding carboxylic acids is 2. The van der Waals surface area contributed by atoms with E-state index in [1.165, 1.54) is 11.8 Å². The molecule has 34 heavy (non-hydrogen) atoms. The van der Waals surface area contributed by atoms with Crippen LogP contribution in [0.4, 0.5) is 5.69 Å². The average molecular weight is 546 g/mol. The molecule has 10 heteroatoms. The number of carbonyl (C=O) groups is 2. The van der Waals surface area contributed by atoms with Crippen molar-refractivity contribution < 1.29 is 14.3 Å². The van der Waals surface area contributed by atoms with Crippen molar-refractivity contribution in [1.29, 1.82) is 0 Å². The molecule has 0 saturated heterocycles. The van der Waals surface area contributed by atoms with Crippen LogP contribution in [-0.4, -0.2) is 39.4 Å². The van der Waals surface area contributed by atoms with Gasteiger partial charge in [0, 0.05) is 22.3 Å². The van der Waals surface area contributed by atoms with Crippen LogP contribution in [0.25, 0.3) is 0 Å². The van der Waals surface area contributed by atoms with E-state index < -0.39 is 0 Å². The van der Waals surface area contributed by atoms with E-state index in [1.54, 1.807) is 31.4 Å². The minimum Gasteiger partial charge on any atom is -0.497 e. The predicted molar refractivity (Wildman–Crippen MR) is 137 cm³/mol. The summed E-state index contributed by atoms with van der Waals surface area (Å²) in [6.45, 7) is 7.00. The van der Waals surface area contributed by atoms with Gasteiger partial charge in [-0.15, -0.1) is 10.2 Å². The Kier molecular flexibility index (Phi) is 9.12. The van der Waals surface area contributed by atoms with E-state index in [4.69, 9.17) is 4.74 Å². The zero-order valence-electron chi connectivity index (χ0n) is 19.6. The van der Waals surface area contributed by atoms with Crippen molar-refractivity contribution in [3.8, 4) is 5.75 Å². The Hall–Kier alpha value is -2.85. The molecule has 0 radical (unpaired) electrons. The summed E-state index contributed by atoms with van der Waals surface area (Å²) < 4.78 is 7.99. The quantitative estimate of drug-likeness (QED) is 0.353. The standard InChI is InChI=1S/C24H28BrN5O3S/c1-5-30-21(13-26-23(32)16-6-9-18(33-4)10-7-16)28-29-24(30)34-14-22(31)27-20-11-8-17(25)12-19(20)15(2)3/h6-12,15H,5,13-14H2,1-4H3,(H,26,32)(H,27,31). The highest BCUT2D eigenvalue weighted by molar-refractivity contribution is 9.10. The Morgan fingerprint density at radius 2 is 1.88 bits per heavy atom. The van der Waals surface area contributed by atoms with E-state index in [1.807, 2.05) is 29.7 Å². The van der Waals surface area contributed by atoms with E-state index >= 15 is 0 Å². The van der Waals surface area contributed by atoms with Gasteiger partial charge in [0.1, 0.15) is 5.75 Å². The number of nitrogens with zero attached hydrogens (tertiary/aromatic N) is 3. The predicted octanol–water partition coefficient (Wildman–Crippen LogP) is 4.85. The molecule has 0 atom stereocenters. The van der Waals surface area contributed by atoms with Gasteiger partial charge in [0.15, 0.2) is 11.0 Å². The van der Waals surface area contributed by atoms with Crippen LogP contribution in [0.15, 0.2) is 52.1 Å². The van der Waals surface area contributed by atoms with Crippen LogP contribution >= 0.6 is 27.7 Å². The smallest absolute Gasteiger partial charge is 0.251 e. The maximum absolute atomic E-state index is 12.6. The van der Waals surface area contributed by atoms with Crippen LogP contribution in [0.1, 0.15) is 48.4 Å². The molecule has 0 fully saturated rings. The van der Waals surface area contributed by atoms with Gasteiger partial charge in [-0.3, -0.25) is 9.59 Å². The fraction of sp³-hybridized carbons (Fsp3) is 0.333. The van der Waals surface area contributed by atoms with Crippen LogP contribution in [0.5, 0.6) is 5.75 Å². The zero-order chi connectivity index (χ0) is 24.7. The summed E-state index contributed by atoms with van der Waals surface area (Å²) in [6, 6.07) is 12.7. The highest BCUT2D eigenvalue weighted by atomic mass is 79.9. The number of halogens is 1. The highest BCUT2D eigenvalue weighted by Gasteiger charge is 2.16.